The third kappa shape index (κ3) is 4.97. The summed E-state index contributed by atoms with van der Waals surface area (Å²) < 4.78 is 5.17. The maximum Gasteiger partial charge on any atom is 0.339 e. The number of carbonyl (C=O) groups is 3. The maximum atomic E-state index is 12.6. The highest BCUT2D eigenvalue weighted by Gasteiger charge is 2.21. The Kier molecular flexibility index (Phi) is 6.57. The van der Waals surface area contributed by atoms with Crippen LogP contribution >= 0.6 is 11.3 Å². The normalized spacial score (nSPS) is 11.5. The minimum Gasteiger partial charge on any atom is -0.452 e. The van der Waals surface area contributed by atoms with Crippen LogP contribution in [0.4, 0.5) is 0 Å². The van der Waals surface area contributed by atoms with Crippen LogP contribution in [0.1, 0.15) is 49.7 Å². The van der Waals surface area contributed by atoms with Gasteiger partial charge in [-0.3, -0.25) is 9.59 Å². The van der Waals surface area contributed by atoms with E-state index in [1.807, 2.05) is 38.1 Å². The molecule has 0 aliphatic heterocycles. The predicted molar refractivity (Wildman–Crippen MR) is 112 cm³/mol. The van der Waals surface area contributed by atoms with Crippen molar-refractivity contribution in [1.29, 1.82) is 0 Å². The van der Waals surface area contributed by atoms with E-state index in [1.165, 1.54) is 17.4 Å². The van der Waals surface area contributed by atoms with Gasteiger partial charge in [-0.1, -0.05) is 48.5 Å². The Hall–Kier alpha value is -3.25. The standard InChI is InChI=1S/C23H21NO4S/c1-15-8-3-4-9-17(15)16(2)24-21(25)14-28-23(27)19-11-6-5-10-18(19)22(26)20-12-7-13-29-20/h3-13,16H,14H2,1-2H3,(H,24,25)/t16-/m1/s1. The van der Waals surface area contributed by atoms with Gasteiger partial charge in [-0.05, 0) is 42.5 Å². The van der Waals surface area contributed by atoms with Crippen molar-refractivity contribution >= 4 is 29.0 Å². The third-order valence-electron chi connectivity index (χ3n) is 4.50. The summed E-state index contributed by atoms with van der Waals surface area (Å²) in [5.74, 6) is -1.36. The van der Waals surface area contributed by atoms with Crippen LogP contribution in [0.25, 0.3) is 0 Å². The number of hydrogen-bond donors (Lipinski definition) is 1. The van der Waals surface area contributed by atoms with Gasteiger partial charge in [0.15, 0.2) is 6.61 Å². The molecule has 0 aliphatic rings. The summed E-state index contributed by atoms with van der Waals surface area (Å²) >= 11 is 1.30. The molecule has 0 radical (unpaired) electrons. The van der Waals surface area contributed by atoms with Crippen molar-refractivity contribution in [1.82, 2.24) is 5.32 Å². The molecule has 1 N–H and O–H groups in total. The average molecular weight is 407 g/mol. The summed E-state index contributed by atoms with van der Waals surface area (Å²) in [6, 6.07) is 17.5. The topological polar surface area (TPSA) is 72.5 Å². The number of ether oxygens (including phenoxy) is 1. The number of amides is 1. The Morgan fingerprint density at radius 2 is 1.66 bits per heavy atom. The Balaban J connectivity index is 1.63. The average Bonchev–Trinajstić information content (AvgIpc) is 3.26. The zero-order chi connectivity index (χ0) is 20.8. The van der Waals surface area contributed by atoms with Crippen LogP contribution in [0.15, 0.2) is 66.0 Å². The fourth-order valence-electron chi connectivity index (χ4n) is 3.04. The van der Waals surface area contributed by atoms with Crippen LogP contribution in [-0.4, -0.2) is 24.3 Å². The fraction of sp³-hybridized carbons (Fsp3) is 0.174. The molecule has 1 atom stereocenters. The van der Waals surface area contributed by atoms with E-state index in [2.05, 4.69) is 5.32 Å². The van der Waals surface area contributed by atoms with Crippen LogP contribution in [0.3, 0.4) is 0 Å². The number of ketones is 1. The van der Waals surface area contributed by atoms with Crippen molar-refractivity contribution in [3.05, 3.63) is 93.2 Å². The highest BCUT2D eigenvalue weighted by molar-refractivity contribution is 7.12. The molecular formula is C23H21NO4S. The monoisotopic (exact) mass is 407 g/mol. The molecule has 0 aliphatic carbocycles. The van der Waals surface area contributed by atoms with Crippen LogP contribution in [0, 0.1) is 6.92 Å². The van der Waals surface area contributed by atoms with E-state index in [1.54, 1.807) is 35.7 Å². The van der Waals surface area contributed by atoms with Crippen LogP contribution in [0.2, 0.25) is 0 Å². The zero-order valence-electron chi connectivity index (χ0n) is 16.2. The number of rotatable bonds is 7. The summed E-state index contributed by atoms with van der Waals surface area (Å²) in [5.41, 5.74) is 2.47. The SMILES string of the molecule is Cc1ccccc1[C@@H](C)NC(=O)COC(=O)c1ccccc1C(=O)c1cccs1. The smallest absolute Gasteiger partial charge is 0.339 e. The second kappa shape index (κ2) is 9.30. The van der Waals surface area contributed by atoms with Gasteiger partial charge in [0.2, 0.25) is 5.78 Å². The highest BCUT2D eigenvalue weighted by Crippen LogP contribution is 2.19. The van der Waals surface area contributed by atoms with Gasteiger partial charge in [-0.2, -0.15) is 0 Å². The van der Waals surface area contributed by atoms with E-state index in [-0.39, 0.29) is 23.0 Å². The van der Waals surface area contributed by atoms with Crippen LogP contribution in [-0.2, 0) is 9.53 Å². The first-order valence-corrected chi connectivity index (χ1v) is 10.0. The molecule has 0 fully saturated rings. The molecule has 1 heterocycles. The molecule has 0 saturated carbocycles. The van der Waals surface area contributed by atoms with E-state index >= 15 is 0 Å². The van der Waals surface area contributed by atoms with Crippen molar-refractivity contribution in [2.24, 2.45) is 0 Å². The van der Waals surface area contributed by atoms with Gasteiger partial charge in [-0.25, -0.2) is 4.79 Å². The van der Waals surface area contributed by atoms with E-state index in [4.69, 9.17) is 4.74 Å². The lowest BCUT2D eigenvalue weighted by molar-refractivity contribution is -0.124. The van der Waals surface area contributed by atoms with Gasteiger partial charge >= 0.3 is 5.97 Å². The van der Waals surface area contributed by atoms with Gasteiger partial charge in [0.05, 0.1) is 16.5 Å². The predicted octanol–water partition coefficient (Wildman–Crippen LogP) is 4.32. The molecule has 2 aromatic carbocycles. The van der Waals surface area contributed by atoms with E-state index in [9.17, 15) is 14.4 Å². The Morgan fingerprint density at radius 3 is 2.34 bits per heavy atom. The minimum absolute atomic E-state index is 0.144. The van der Waals surface area contributed by atoms with Crippen molar-refractivity contribution in [2.45, 2.75) is 19.9 Å². The largest absolute Gasteiger partial charge is 0.452 e. The minimum atomic E-state index is -0.704. The van der Waals surface area contributed by atoms with Gasteiger partial charge in [0.25, 0.3) is 5.91 Å². The molecule has 0 saturated heterocycles. The number of nitrogens with one attached hydrogen (secondary N) is 1. The van der Waals surface area contributed by atoms with Crippen molar-refractivity contribution < 1.29 is 19.1 Å². The first kappa shape index (κ1) is 20.5. The van der Waals surface area contributed by atoms with Crippen molar-refractivity contribution in [2.75, 3.05) is 6.61 Å². The number of thiophene rings is 1. The summed E-state index contributed by atoms with van der Waals surface area (Å²) in [6.45, 7) is 3.42. The molecule has 1 aromatic heterocycles. The number of aryl methyl sites for hydroxylation is 1. The lowest BCUT2D eigenvalue weighted by Crippen LogP contribution is -2.31. The van der Waals surface area contributed by atoms with Crippen LogP contribution in [0.5, 0.6) is 0 Å². The van der Waals surface area contributed by atoms with Gasteiger partial charge in [-0.15, -0.1) is 11.3 Å². The van der Waals surface area contributed by atoms with E-state index in [0.717, 1.165) is 11.1 Å². The second-order valence-electron chi connectivity index (χ2n) is 6.57. The Labute approximate surface area is 173 Å². The summed E-state index contributed by atoms with van der Waals surface area (Å²) in [6.07, 6.45) is 0. The van der Waals surface area contributed by atoms with E-state index in [0.29, 0.717) is 4.88 Å². The molecule has 29 heavy (non-hydrogen) atoms. The van der Waals surface area contributed by atoms with Gasteiger partial charge in [0, 0.05) is 5.56 Å². The lowest BCUT2D eigenvalue weighted by atomic mass is 10.0. The lowest BCUT2D eigenvalue weighted by Gasteiger charge is -2.16. The van der Waals surface area contributed by atoms with Crippen LogP contribution < -0.4 is 5.32 Å². The molecular weight excluding hydrogens is 386 g/mol. The number of esters is 1. The van der Waals surface area contributed by atoms with Gasteiger partial charge in [0.1, 0.15) is 0 Å². The molecule has 0 spiro atoms. The van der Waals surface area contributed by atoms with Crippen molar-refractivity contribution in [3.63, 3.8) is 0 Å². The Morgan fingerprint density at radius 1 is 0.966 bits per heavy atom. The second-order valence-corrected chi connectivity index (χ2v) is 7.52. The molecule has 148 valence electrons. The fourth-order valence-corrected chi connectivity index (χ4v) is 3.72. The summed E-state index contributed by atoms with van der Waals surface area (Å²) in [5, 5.41) is 4.62. The molecule has 3 aromatic rings. The number of benzene rings is 2. The molecule has 0 bridgehead atoms. The molecule has 1 amide bonds. The summed E-state index contributed by atoms with van der Waals surface area (Å²) in [7, 11) is 0. The molecule has 5 nitrogen and oxygen atoms in total. The van der Waals surface area contributed by atoms with Gasteiger partial charge < -0.3 is 10.1 Å². The van der Waals surface area contributed by atoms with E-state index < -0.39 is 18.5 Å². The molecule has 3 rings (SSSR count). The quantitative estimate of drug-likeness (QED) is 0.468. The molecule has 0 unspecified atom stereocenters. The zero-order valence-corrected chi connectivity index (χ0v) is 17.0. The first-order valence-electron chi connectivity index (χ1n) is 9.16. The number of carbonyl (C=O) groups excluding carboxylic acids is 3. The van der Waals surface area contributed by atoms with Crippen molar-refractivity contribution in [3.8, 4) is 0 Å². The maximum absolute atomic E-state index is 12.6. The highest BCUT2D eigenvalue weighted by atomic mass is 32.1. The first-order chi connectivity index (χ1) is 14.0. The molecule has 6 heteroatoms. The Bertz CT molecular complexity index is 1030. The third-order valence-corrected chi connectivity index (χ3v) is 5.37. The summed E-state index contributed by atoms with van der Waals surface area (Å²) in [4.78, 5) is 37.9. The number of hydrogen-bond acceptors (Lipinski definition) is 5.